The second kappa shape index (κ2) is 8.63. The van der Waals surface area contributed by atoms with E-state index in [0.717, 1.165) is 16.4 Å². The lowest BCUT2D eigenvalue weighted by atomic mass is 10.1. The molecule has 0 atom stereocenters. The highest BCUT2D eigenvalue weighted by Gasteiger charge is 2.22. The van der Waals surface area contributed by atoms with E-state index in [0.29, 0.717) is 22.2 Å². The molecule has 0 spiro atoms. The molecule has 0 saturated heterocycles. The topological polar surface area (TPSA) is 101 Å². The number of aryl methyl sites for hydroxylation is 1. The number of nitrogens with one attached hydrogen (secondary N) is 1. The Morgan fingerprint density at radius 3 is 2.43 bits per heavy atom. The molecule has 0 aliphatic heterocycles. The van der Waals surface area contributed by atoms with Gasteiger partial charge in [-0.25, -0.2) is 18.2 Å². The number of pyridine rings is 1. The lowest BCUT2D eigenvalue weighted by Crippen LogP contribution is -2.14. The smallest absolute Gasteiger partial charge is 0.354 e. The summed E-state index contributed by atoms with van der Waals surface area (Å²) in [6.07, 6.45) is 1.37. The summed E-state index contributed by atoms with van der Waals surface area (Å²) < 4.78 is 31.8. The number of anilines is 1. The molecule has 2 aromatic heterocycles. The fourth-order valence-corrected chi connectivity index (χ4v) is 5.33. The molecule has 5 rings (SSSR count). The molecule has 3 aromatic carbocycles. The molecule has 0 bridgehead atoms. The predicted molar refractivity (Wildman–Crippen MR) is 135 cm³/mol. The van der Waals surface area contributed by atoms with Crippen LogP contribution in [-0.2, 0) is 17.1 Å². The van der Waals surface area contributed by atoms with Gasteiger partial charge in [0.2, 0.25) is 0 Å². The minimum atomic E-state index is -3.95. The van der Waals surface area contributed by atoms with Crippen LogP contribution in [0.4, 0.5) is 5.69 Å². The molecule has 172 valence electrons. The van der Waals surface area contributed by atoms with Crippen molar-refractivity contribution in [3.05, 3.63) is 102 Å². The number of carboxylic acid groups (broad SMARTS) is 1. The second-order valence-corrected chi connectivity index (χ2v) is 9.52. The van der Waals surface area contributed by atoms with E-state index >= 15 is 0 Å². The first kappa shape index (κ1) is 22.2. The molecule has 35 heavy (non-hydrogen) atoms. The van der Waals surface area contributed by atoms with Crippen LogP contribution < -0.4 is 4.72 Å². The third-order valence-electron chi connectivity index (χ3n) is 5.69. The number of hydrogen-bond donors (Lipinski definition) is 2. The number of aromatic nitrogens is 2. The van der Waals surface area contributed by atoms with E-state index < -0.39 is 16.0 Å². The van der Waals surface area contributed by atoms with Crippen molar-refractivity contribution in [1.82, 2.24) is 9.55 Å². The highest BCUT2D eigenvalue weighted by Crippen LogP contribution is 2.34. The van der Waals surface area contributed by atoms with Gasteiger partial charge in [-0.15, -0.1) is 0 Å². The Balaban J connectivity index is 1.54. The van der Waals surface area contributed by atoms with Gasteiger partial charge in [0.15, 0.2) is 0 Å². The third kappa shape index (κ3) is 4.09. The van der Waals surface area contributed by atoms with E-state index in [1.165, 1.54) is 12.3 Å². The van der Waals surface area contributed by atoms with E-state index in [1.54, 1.807) is 42.5 Å². The van der Waals surface area contributed by atoms with Crippen LogP contribution in [0.1, 0.15) is 21.6 Å². The molecule has 0 radical (unpaired) electrons. The van der Waals surface area contributed by atoms with Gasteiger partial charge in [-0.1, -0.05) is 48.2 Å². The minimum absolute atomic E-state index is 0.0775. The van der Waals surface area contributed by atoms with Crippen molar-refractivity contribution >= 4 is 43.5 Å². The normalized spacial score (nSPS) is 11.2. The number of nitrogens with zero attached hydrogens (tertiary/aromatic N) is 2. The highest BCUT2D eigenvalue weighted by atomic mass is 32.2. The van der Waals surface area contributed by atoms with Gasteiger partial charge in [-0.3, -0.25) is 4.72 Å². The van der Waals surface area contributed by atoms with Gasteiger partial charge in [0.1, 0.15) is 5.69 Å². The Hall–Kier alpha value is -4.61. The van der Waals surface area contributed by atoms with Crippen LogP contribution >= 0.6 is 0 Å². The van der Waals surface area contributed by atoms with Crippen molar-refractivity contribution in [1.29, 1.82) is 0 Å². The molecular weight excluding hydrogens is 462 g/mol. The van der Waals surface area contributed by atoms with Gasteiger partial charge in [0.25, 0.3) is 10.0 Å². The number of hydrogen-bond acceptors (Lipinski definition) is 4. The Morgan fingerprint density at radius 2 is 1.66 bits per heavy atom. The maximum atomic E-state index is 13.6. The van der Waals surface area contributed by atoms with Crippen molar-refractivity contribution in [2.45, 2.75) is 4.90 Å². The molecule has 0 amide bonds. The number of para-hydroxylation sites is 2. The van der Waals surface area contributed by atoms with Crippen molar-refractivity contribution in [2.75, 3.05) is 4.72 Å². The van der Waals surface area contributed by atoms with E-state index in [2.05, 4.69) is 21.5 Å². The summed E-state index contributed by atoms with van der Waals surface area (Å²) in [7, 11) is -2.03. The molecule has 0 fully saturated rings. The van der Waals surface area contributed by atoms with Gasteiger partial charge in [-0.2, -0.15) is 0 Å². The molecule has 0 aliphatic rings. The summed E-state index contributed by atoms with van der Waals surface area (Å²) >= 11 is 0. The maximum Gasteiger partial charge on any atom is 0.354 e. The first-order chi connectivity index (χ1) is 16.8. The van der Waals surface area contributed by atoms with E-state index in [9.17, 15) is 13.2 Å². The average molecular weight is 482 g/mol. The van der Waals surface area contributed by atoms with Crippen LogP contribution in [0.3, 0.4) is 0 Å². The Morgan fingerprint density at radius 1 is 0.914 bits per heavy atom. The van der Waals surface area contributed by atoms with Crippen LogP contribution in [0.15, 0.2) is 90.0 Å². The summed E-state index contributed by atoms with van der Waals surface area (Å²) in [5.74, 6) is 4.74. The Labute approximate surface area is 201 Å². The van der Waals surface area contributed by atoms with Crippen molar-refractivity contribution < 1.29 is 18.3 Å². The fraction of sp³-hybridized carbons (Fsp3) is 0.0370. The minimum Gasteiger partial charge on any atom is -0.477 e. The number of fused-ring (bicyclic) bond motifs is 3. The monoisotopic (exact) mass is 481 g/mol. The molecule has 0 unspecified atom stereocenters. The lowest BCUT2D eigenvalue weighted by molar-refractivity contribution is 0.0690. The van der Waals surface area contributed by atoms with Gasteiger partial charge < -0.3 is 9.67 Å². The zero-order chi connectivity index (χ0) is 24.6. The molecule has 2 heterocycles. The summed E-state index contributed by atoms with van der Waals surface area (Å²) in [6, 6.07) is 22.7. The standard InChI is InChI=1S/C27H19N3O4S/c1-30-23-10-5-3-8-20(23)26-24(30)11-6-12-25(26)35(33,34)29-21-9-4-2-7-19(21)15-13-18-14-16-22(27(31)32)28-17-18/h2-12,14,16-17,29H,1H3,(H,31,32). The summed E-state index contributed by atoms with van der Waals surface area (Å²) in [5, 5.41) is 10.5. The van der Waals surface area contributed by atoms with Crippen molar-refractivity contribution in [3.63, 3.8) is 0 Å². The van der Waals surface area contributed by atoms with Gasteiger partial charge in [0, 0.05) is 40.7 Å². The molecular formula is C27H19N3O4S. The number of aromatic carboxylic acids is 1. The van der Waals surface area contributed by atoms with Crippen molar-refractivity contribution in [2.24, 2.45) is 7.05 Å². The molecule has 8 heteroatoms. The molecule has 0 saturated carbocycles. The first-order valence-electron chi connectivity index (χ1n) is 10.6. The van der Waals surface area contributed by atoms with Gasteiger partial charge in [0.05, 0.1) is 16.1 Å². The van der Waals surface area contributed by atoms with Gasteiger partial charge in [-0.05, 0) is 42.5 Å². The molecule has 0 aliphatic carbocycles. The van der Waals surface area contributed by atoms with E-state index in [1.807, 2.05) is 41.9 Å². The quantitative estimate of drug-likeness (QED) is 0.365. The number of rotatable bonds is 4. The van der Waals surface area contributed by atoms with Crippen LogP contribution in [0.2, 0.25) is 0 Å². The number of sulfonamides is 1. The zero-order valence-corrected chi connectivity index (χ0v) is 19.4. The SMILES string of the molecule is Cn1c2ccccc2c2c(S(=O)(=O)Nc3ccccc3C#Cc3ccc(C(=O)O)nc3)cccc21. The van der Waals surface area contributed by atoms with Gasteiger partial charge >= 0.3 is 5.97 Å². The number of carbonyl (C=O) groups is 1. The van der Waals surface area contributed by atoms with E-state index in [-0.39, 0.29) is 10.6 Å². The van der Waals surface area contributed by atoms with Crippen LogP contribution in [0.25, 0.3) is 21.8 Å². The predicted octanol–water partition coefficient (Wildman–Crippen LogP) is 4.63. The molecule has 2 N–H and O–H groups in total. The van der Waals surface area contributed by atoms with Crippen LogP contribution in [-0.4, -0.2) is 29.0 Å². The summed E-state index contributed by atoms with van der Waals surface area (Å²) in [5.41, 5.74) is 3.01. The van der Waals surface area contributed by atoms with Crippen LogP contribution in [0, 0.1) is 11.8 Å². The maximum absolute atomic E-state index is 13.6. The molecule has 5 aromatic rings. The van der Waals surface area contributed by atoms with E-state index in [4.69, 9.17) is 5.11 Å². The first-order valence-corrected chi connectivity index (χ1v) is 12.1. The van der Waals surface area contributed by atoms with Crippen LogP contribution in [0.5, 0.6) is 0 Å². The lowest BCUT2D eigenvalue weighted by Gasteiger charge is -2.11. The number of carboxylic acids is 1. The second-order valence-electron chi connectivity index (χ2n) is 7.86. The zero-order valence-electron chi connectivity index (χ0n) is 18.6. The largest absolute Gasteiger partial charge is 0.477 e. The average Bonchev–Trinajstić information content (AvgIpc) is 3.16. The fourth-order valence-electron chi connectivity index (χ4n) is 4.02. The Bertz CT molecular complexity index is 1780. The summed E-state index contributed by atoms with van der Waals surface area (Å²) in [6.45, 7) is 0. The molecule has 7 nitrogen and oxygen atoms in total. The van der Waals surface area contributed by atoms with Crippen molar-refractivity contribution in [3.8, 4) is 11.8 Å². The highest BCUT2D eigenvalue weighted by molar-refractivity contribution is 7.93. The Kier molecular flexibility index (Phi) is 5.47. The number of benzene rings is 3. The third-order valence-corrected chi connectivity index (χ3v) is 7.09. The summed E-state index contributed by atoms with van der Waals surface area (Å²) in [4.78, 5) is 15.0.